The maximum absolute atomic E-state index is 12.4. The number of aryl methyl sites for hydroxylation is 2. The predicted octanol–water partition coefficient (Wildman–Crippen LogP) is 2.91. The molecule has 2 aromatic heterocycles. The molecule has 0 aromatic carbocycles. The zero-order chi connectivity index (χ0) is 14.1. The Balaban J connectivity index is 1.74. The maximum atomic E-state index is 12.4. The molecule has 0 spiro atoms. The van der Waals surface area contributed by atoms with E-state index in [0.717, 1.165) is 30.1 Å². The van der Waals surface area contributed by atoms with E-state index in [2.05, 4.69) is 30.0 Å². The van der Waals surface area contributed by atoms with Crippen LogP contribution in [0.3, 0.4) is 0 Å². The van der Waals surface area contributed by atoms with Gasteiger partial charge in [-0.25, -0.2) is 9.67 Å². The van der Waals surface area contributed by atoms with E-state index in [-0.39, 0.29) is 5.78 Å². The first kappa shape index (κ1) is 13.5. The second-order valence-electron chi connectivity index (χ2n) is 5.76. The number of hydrogen-bond acceptors (Lipinski definition) is 4. The number of Topliss-reactive ketones (excluding diaryl/α,β-unsaturated/α-hetero) is 1. The van der Waals surface area contributed by atoms with E-state index in [1.54, 1.807) is 17.7 Å². The van der Waals surface area contributed by atoms with Crippen molar-refractivity contribution in [3.8, 4) is 0 Å². The highest BCUT2D eigenvalue weighted by molar-refractivity contribution is 7.14. The van der Waals surface area contributed by atoms with Gasteiger partial charge in [-0.15, -0.1) is 11.3 Å². The van der Waals surface area contributed by atoms with Crippen LogP contribution in [0.5, 0.6) is 0 Å². The third kappa shape index (κ3) is 2.68. The van der Waals surface area contributed by atoms with Crippen LogP contribution < -0.4 is 0 Å². The van der Waals surface area contributed by atoms with Crippen LogP contribution >= 0.6 is 11.3 Å². The van der Waals surface area contributed by atoms with Crippen LogP contribution in [0.4, 0.5) is 0 Å². The van der Waals surface area contributed by atoms with Gasteiger partial charge < -0.3 is 0 Å². The Bertz CT molecular complexity index is 605. The lowest BCUT2D eigenvalue weighted by Gasteiger charge is -2.07. The molecule has 0 N–H and O–H groups in total. The Morgan fingerprint density at radius 1 is 1.45 bits per heavy atom. The number of ketones is 1. The van der Waals surface area contributed by atoms with Crippen LogP contribution in [-0.2, 0) is 25.8 Å². The zero-order valence-electron chi connectivity index (χ0n) is 11.9. The van der Waals surface area contributed by atoms with Crippen molar-refractivity contribution in [1.29, 1.82) is 0 Å². The van der Waals surface area contributed by atoms with Gasteiger partial charge in [-0.3, -0.25) is 4.79 Å². The van der Waals surface area contributed by atoms with E-state index in [9.17, 15) is 4.79 Å². The summed E-state index contributed by atoms with van der Waals surface area (Å²) >= 11 is 1.66. The van der Waals surface area contributed by atoms with Gasteiger partial charge in [-0.2, -0.15) is 5.10 Å². The minimum absolute atomic E-state index is 0.169. The van der Waals surface area contributed by atoms with Crippen LogP contribution in [-0.4, -0.2) is 20.5 Å². The molecule has 0 atom stereocenters. The third-order valence-electron chi connectivity index (χ3n) is 3.57. The van der Waals surface area contributed by atoms with Gasteiger partial charge in [0.2, 0.25) is 0 Å². The number of nitrogens with zero attached hydrogens (tertiary/aromatic N) is 3. The molecule has 5 heteroatoms. The van der Waals surface area contributed by atoms with Crippen LogP contribution in [0.2, 0.25) is 0 Å². The van der Waals surface area contributed by atoms with E-state index in [1.807, 2.05) is 4.68 Å². The van der Waals surface area contributed by atoms with Gasteiger partial charge >= 0.3 is 0 Å². The number of carbonyl (C=O) groups excluding carboxylic acids is 1. The number of thiophene rings is 1. The first-order valence-corrected chi connectivity index (χ1v) is 7.96. The molecule has 3 rings (SSSR count). The lowest BCUT2D eigenvalue weighted by Crippen LogP contribution is -2.13. The Hall–Kier alpha value is -1.49. The lowest BCUT2D eigenvalue weighted by molar-refractivity contribution is 0.0993. The smallest absolute Gasteiger partial charge is 0.180 e. The molecule has 1 aliphatic carbocycles. The SMILES string of the molecule is CC(C)Cn1ncnc1CC(=O)c1cc2c(s1)CCC2. The van der Waals surface area contributed by atoms with Gasteiger partial charge in [-0.1, -0.05) is 13.8 Å². The number of hydrogen-bond donors (Lipinski definition) is 0. The molecule has 0 unspecified atom stereocenters. The summed E-state index contributed by atoms with van der Waals surface area (Å²) < 4.78 is 1.85. The molecule has 0 saturated heterocycles. The highest BCUT2D eigenvalue weighted by Gasteiger charge is 2.20. The number of aromatic nitrogens is 3. The minimum Gasteiger partial charge on any atom is -0.293 e. The summed E-state index contributed by atoms with van der Waals surface area (Å²) in [4.78, 5) is 18.9. The Morgan fingerprint density at radius 3 is 3.05 bits per heavy atom. The van der Waals surface area contributed by atoms with Gasteiger partial charge in [0, 0.05) is 11.4 Å². The molecular weight excluding hydrogens is 270 g/mol. The summed E-state index contributed by atoms with van der Waals surface area (Å²) in [7, 11) is 0. The normalized spacial score (nSPS) is 13.9. The molecular formula is C15H19N3OS. The largest absolute Gasteiger partial charge is 0.293 e. The van der Waals surface area contributed by atoms with E-state index >= 15 is 0 Å². The summed E-state index contributed by atoms with van der Waals surface area (Å²) in [5.74, 6) is 1.44. The number of rotatable bonds is 5. The third-order valence-corrected chi connectivity index (χ3v) is 4.85. The average Bonchev–Trinajstić information content (AvgIpc) is 3.03. The molecule has 20 heavy (non-hydrogen) atoms. The summed E-state index contributed by atoms with van der Waals surface area (Å²) in [6, 6.07) is 2.08. The Kier molecular flexibility index (Phi) is 3.70. The first-order valence-electron chi connectivity index (χ1n) is 7.15. The molecule has 2 heterocycles. The summed E-state index contributed by atoms with van der Waals surface area (Å²) in [5, 5.41) is 4.21. The molecule has 1 aliphatic rings. The van der Waals surface area contributed by atoms with Crippen molar-refractivity contribution in [2.75, 3.05) is 0 Å². The standard InChI is InChI=1S/C15H19N3OS/c1-10(2)8-18-15(16-9-17-18)7-12(19)14-6-11-4-3-5-13(11)20-14/h6,9-10H,3-5,7-8H2,1-2H3. The van der Waals surface area contributed by atoms with Crippen LogP contribution in [0.15, 0.2) is 12.4 Å². The van der Waals surface area contributed by atoms with Crippen molar-refractivity contribution in [3.63, 3.8) is 0 Å². The van der Waals surface area contributed by atoms with Crippen LogP contribution in [0.1, 0.15) is 46.2 Å². The highest BCUT2D eigenvalue weighted by Crippen LogP contribution is 2.31. The molecule has 106 valence electrons. The molecule has 4 nitrogen and oxygen atoms in total. The topological polar surface area (TPSA) is 47.8 Å². The van der Waals surface area contributed by atoms with Crippen LogP contribution in [0.25, 0.3) is 0 Å². The number of carbonyl (C=O) groups is 1. The monoisotopic (exact) mass is 289 g/mol. The number of fused-ring (bicyclic) bond motifs is 1. The van der Waals surface area contributed by atoms with Crippen molar-refractivity contribution < 1.29 is 4.79 Å². The Labute approximate surface area is 122 Å². The molecule has 0 amide bonds. The molecule has 2 aromatic rings. The van der Waals surface area contributed by atoms with Gasteiger partial charge in [0.15, 0.2) is 5.78 Å². The van der Waals surface area contributed by atoms with Crippen LogP contribution in [0, 0.1) is 5.92 Å². The second kappa shape index (κ2) is 5.48. The molecule has 0 radical (unpaired) electrons. The van der Waals surface area contributed by atoms with Gasteiger partial charge in [0.05, 0.1) is 11.3 Å². The highest BCUT2D eigenvalue weighted by atomic mass is 32.1. The predicted molar refractivity (Wildman–Crippen MR) is 79.2 cm³/mol. The minimum atomic E-state index is 0.169. The fraction of sp³-hybridized carbons (Fsp3) is 0.533. The maximum Gasteiger partial charge on any atom is 0.180 e. The summed E-state index contributed by atoms with van der Waals surface area (Å²) in [6.45, 7) is 5.08. The van der Waals surface area contributed by atoms with Crippen molar-refractivity contribution in [1.82, 2.24) is 14.8 Å². The van der Waals surface area contributed by atoms with Crippen molar-refractivity contribution in [2.45, 2.75) is 46.1 Å². The van der Waals surface area contributed by atoms with Crippen molar-refractivity contribution >= 4 is 17.1 Å². The fourth-order valence-corrected chi connectivity index (χ4v) is 3.81. The van der Waals surface area contributed by atoms with Crippen molar-refractivity contribution in [2.24, 2.45) is 5.92 Å². The average molecular weight is 289 g/mol. The van der Waals surface area contributed by atoms with Crippen molar-refractivity contribution in [3.05, 3.63) is 33.5 Å². The summed E-state index contributed by atoms with van der Waals surface area (Å²) in [6.07, 6.45) is 5.39. The van der Waals surface area contributed by atoms with Gasteiger partial charge in [0.25, 0.3) is 0 Å². The Morgan fingerprint density at radius 2 is 2.30 bits per heavy atom. The van der Waals surface area contributed by atoms with E-state index < -0.39 is 0 Å². The van der Waals surface area contributed by atoms with E-state index in [4.69, 9.17) is 0 Å². The fourth-order valence-electron chi connectivity index (χ4n) is 2.62. The first-order chi connectivity index (χ1) is 9.63. The van der Waals surface area contributed by atoms with Gasteiger partial charge in [-0.05, 0) is 36.8 Å². The lowest BCUT2D eigenvalue weighted by atomic mass is 10.2. The van der Waals surface area contributed by atoms with E-state index in [0.29, 0.717) is 12.3 Å². The molecule has 0 fully saturated rings. The van der Waals surface area contributed by atoms with E-state index in [1.165, 1.54) is 16.9 Å². The summed E-state index contributed by atoms with van der Waals surface area (Å²) in [5.41, 5.74) is 1.38. The quantitative estimate of drug-likeness (QED) is 0.795. The molecule has 0 saturated carbocycles. The van der Waals surface area contributed by atoms with Gasteiger partial charge in [0.1, 0.15) is 12.2 Å². The molecule has 0 aliphatic heterocycles. The second-order valence-corrected chi connectivity index (χ2v) is 6.90. The molecule has 0 bridgehead atoms. The zero-order valence-corrected chi connectivity index (χ0v) is 12.7.